The molecule has 1 aromatic carbocycles. The maximum Gasteiger partial charge on any atom is 0.163 e. The topological polar surface area (TPSA) is 53.4 Å². The molecule has 0 spiro atoms. The van der Waals surface area contributed by atoms with Crippen molar-refractivity contribution in [3.05, 3.63) is 35.9 Å². The van der Waals surface area contributed by atoms with E-state index in [1.165, 1.54) is 0 Å². The lowest BCUT2D eigenvalue weighted by atomic mass is 10.1. The number of fused-ring (bicyclic) bond motifs is 1. The van der Waals surface area contributed by atoms with E-state index in [9.17, 15) is 9.90 Å². The monoisotopic (exact) mass is 256 g/mol. The lowest BCUT2D eigenvalue weighted by Gasteiger charge is -2.20. The Balaban J connectivity index is 2.15. The molecular weight excluding hydrogens is 240 g/mol. The maximum absolute atomic E-state index is 11.8. The molecule has 1 aliphatic heterocycles. The molecule has 1 atom stereocenters. The van der Waals surface area contributed by atoms with Gasteiger partial charge in [0.1, 0.15) is 5.82 Å². The Hall–Kier alpha value is -1.94. The van der Waals surface area contributed by atoms with Crippen LogP contribution in [0.2, 0.25) is 0 Å². The summed E-state index contributed by atoms with van der Waals surface area (Å²) in [5.41, 5.74) is 1.51. The molecule has 0 bridgehead atoms. The fourth-order valence-electron chi connectivity index (χ4n) is 2.54. The molecule has 0 unspecified atom stereocenters. The summed E-state index contributed by atoms with van der Waals surface area (Å²) in [6, 6.07) is 9.66. The Kier molecular flexibility index (Phi) is 2.95. The Morgan fingerprint density at radius 3 is 2.89 bits per heavy atom. The molecule has 4 nitrogen and oxygen atoms in total. The average Bonchev–Trinajstić information content (AvgIpc) is 2.83. The first kappa shape index (κ1) is 12.1. The molecule has 19 heavy (non-hydrogen) atoms. The van der Waals surface area contributed by atoms with E-state index in [1.54, 1.807) is 6.92 Å². The molecule has 1 fully saturated rings. The van der Waals surface area contributed by atoms with E-state index >= 15 is 0 Å². The van der Waals surface area contributed by atoms with Crippen LogP contribution in [0.3, 0.4) is 0 Å². The highest BCUT2D eigenvalue weighted by Gasteiger charge is 2.25. The van der Waals surface area contributed by atoms with Crippen molar-refractivity contribution < 1.29 is 9.90 Å². The van der Waals surface area contributed by atoms with Crippen molar-refractivity contribution in [2.24, 2.45) is 0 Å². The lowest BCUT2D eigenvalue weighted by molar-refractivity contribution is 0.101. The van der Waals surface area contributed by atoms with E-state index < -0.39 is 0 Å². The molecule has 2 aromatic rings. The number of Topliss-reactive ketones (excluding diaryl/α,β-unsaturated/α-hetero) is 1. The molecule has 1 aromatic heterocycles. The highest BCUT2D eigenvalue weighted by atomic mass is 16.3. The fourth-order valence-corrected chi connectivity index (χ4v) is 2.54. The third-order valence-corrected chi connectivity index (χ3v) is 3.55. The number of anilines is 1. The molecule has 1 N–H and O–H groups in total. The molecule has 0 amide bonds. The van der Waals surface area contributed by atoms with Gasteiger partial charge in [0.2, 0.25) is 0 Å². The first-order valence-corrected chi connectivity index (χ1v) is 6.49. The summed E-state index contributed by atoms with van der Waals surface area (Å²) in [4.78, 5) is 18.4. The molecule has 2 heterocycles. The van der Waals surface area contributed by atoms with Gasteiger partial charge in [-0.05, 0) is 25.5 Å². The highest BCUT2D eigenvalue weighted by molar-refractivity contribution is 6.02. The van der Waals surface area contributed by atoms with Crippen molar-refractivity contribution in [2.45, 2.75) is 19.4 Å². The lowest BCUT2D eigenvalue weighted by Crippen LogP contribution is -2.24. The third-order valence-electron chi connectivity index (χ3n) is 3.55. The van der Waals surface area contributed by atoms with Crippen LogP contribution < -0.4 is 4.90 Å². The SMILES string of the molecule is CC(=O)c1cc2ccccc2nc1N1CC[C@@H](O)C1. The summed E-state index contributed by atoms with van der Waals surface area (Å²) in [6.07, 6.45) is 0.402. The molecule has 3 rings (SSSR count). The number of nitrogens with zero attached hydrogens (tertiary/aromatic N) is 2. The number of ketones is 1. The van der Waals surface area contributed by atoms with E-state index in [4.69, 9.17) is 0 Å². The molecule has 0 saturated carbocycles. The number of β-amino-alcohol motifs (C(OH)–C–C–N with tert-alkyl or cyclic N) is 1. The van der Waals surface area contributed by atoms with Crippen LogP contribution in [0.15, 0.2) is 30.3 Å². The quantitative estimate of drug-likeness (QED) is 0.835. The summed E-state index contributed by atoms with van der Waals surface area (Å²) < 4.78 is 0. The standard InChI is InChI=1S/C15H16N2O2/c1-10(18)13-8-11-4-2-3-5-14(11)16-15(13)17-7-6-12(19)9-17/h2-5,8,12,19H,6-7,9H2,1H3/t12-/m1/s1. The van der Waals surface area contributed by atoms with Gasteiger partial charge in [0.15, 0.2) is 5.78 Å². The zero-order valence-electron chi connectivity index (χ0n) is 10.8. The zero-order valence-corrected chi connectivity index (χ0v) is 10.8. The molecule has 98 valence electrons. The summed E-state index contributed by atoms with van der Waals surface area (Å²) in [7, 11) is 0. The second-order valence-corrected chi connectivity index (χ2v) is 5.00. The predicted molar refractivity (Wildman–Crippen MR) is 74.6 cm³/mol. The summed E-state index contributed by atoms with van der Waals surface area (Å²) in [6.45, 7) is 2.85. The normalized spacial score (nSPS) is 19.1. The minimum Gasteiger partial charge on any atom is -0.391 e. The number of hydrogen-bond donors (Lipinski definition) is 1. The third kappa shape index (κ3) is 2.19. The molecular formula is C15H16N2O2. The molecule has 1 saturated heterocycles. The summed E-state index contributed by atoms with van der Waals surface area (Å²) in [5, 5.41) is 10.6. The van der Waals surface area contributed by atoms with Crippen LogP contribution in [0.4, 0.5) is 5.82 Å². The predicted octanol–water partition coefficient (Wildman–Crippen LogP) is 2.01. The van der Waals surface area contributed by atoms with Gasteiger partial charge in [-0.15, -0.1) is 0 Å². The first-order valence-electron chi connectivity index (χ1n) is 6.49. The number of carbonyl (C=O) groups is 1. The minimum atomic E-state index is -0.326. The van der Waals surface area contributed by atoms with Crippen molar-refractivity contribution in [3.63, 3.8) is 0 Å². The summed E-state index contributed by atoms with van der Waals surface area (Å²) >= 11 is 0. The highest BCUT2D eigenvalue weighted by Crippen LogP contribution is 2.26. The Morgan fingerprint density at radius 2 is 2.21 bits per heavy atom. The van der Waals surface area contributed by atoms with Crippen molar-refractivity contribution in [1.82, 2.24) is 4.98 Å². The minimum absolute atomic E-state index is 0.00893. The van der Waals surface area contributed by atoms with Gasteiger partial charge in [-0.3, -0.25) is 4.79 Å². The largest absolute Gasteiger partial charge is 0.391 e. The second kappa shape index (κ2) is 4.63. The first-order chi connectivity index (χ1) is 9.15. The number of aliphatic hydroxyl groups excluding tert-OH is 1. The zero-order chi connectivity index (χ0) is 13.4. The summed E-state index contributed by atoms with van der Waals surface area (Å²) in [5.74, 6) is 0.706. The van der Waals surface area contributed by atoms with Gasteiger partial charge in [0.25, 0.3) is 0 Å². The van der Waals surface area contributed by atoms with Crippen molar-refractivity contribution in [3.8, 4) is 0 Å². The van der Waals surface area contributed by atoms with Crippen LogP contribution in [-0.2, 0) is 0 Å². The number of pyridine rings is 1. The molecule has 0 aliphatic carbocycles. The van der Waals surface area contributed by atoms with E-state index in [0.717, 1.165) is 23.9 Å². The maximum atomic E-state index is 11.8. The van der Waals surface area contributed by atoms with Gasteiger partial charge in [-0.1, -0.05) is 18.2 Å². The van der Waals surface area contributed by atoms with Gasteiger partial charge in [0, 0.05) is 18.5 Å². The Labute approximate surface area is 111 Å². The number of carbonyl (C=O) groups excluding carboxylic acids is 1. The van der Waals surface area contributed by atoms with Crippen molar-refractivity contribution >= 4 is 22.5 Å². The van der Waals surface area contributed by atoms with Crippen LogP contribution in [0.25, 0.3) is 10.9 Å². The van der Waals surface area contributed by atoms with E-state index in [-0.39, 0.29) is 11.9 Å². The second-order valence-electron chi connectivity index (χ2n) is 5.00. The van der Waals surface area contributed by atoms with E-state index in [0.29, 0.717) is 17.9 Å². The van der Waals surface area contributed by atoms with Crippen LogP contribution in [0.5, 0.6) is 0 Å². The van der Waals surface area contributed by atoms with Crippen molar-refractivity contribution in [1.29, 1.82) is 0 Å². The van der Waals surface area contributed by atoms with Crippen LogP contribution in [-0.4, -0.2) is 35.1 Å². The van der Waals surface area contributed by atoms with E-state index in [1.807, 2.05) is 35.2 Å². The van der Waals surface area contributed by atoms with Gasteiger partial charge in [-0.25, -0.2) is 4.98 Å². The van der Waals surface area contributed by atoms with Gasteiger partial charge < -0.3 is 10.0 Å². The molecule has 4 heteroatoms. The van der Waals surface area contributed by atoms with Gasteiger partial charge in [0.05, 0.1) is 17.2 Å². The smallest absolute Gasteiger partial charge is 0.163 e. The number of aliphatic hydroxyl groups is 1. The number of para-hydroxylation sites is 1. The molecule has 1 aliphatic rings. The average molecular weight is 256 g/mol. The van der Waals surface area contributed by atoms with Gasteiger partial charge in [-0.2, -0.15) is 0 Å². The fraction of sp³-hybridized carbons (Fsp3) is 0.333. The Bertz CT molecular complexity index is 639. The van der Waals surface area contributed by atoms with Crippen LogP contribution >= 0.6 is 0 Å². The van der Waals surface area contributed by atoms with Crippen LogP contribution in [0, 0.1) is 0 Å². The Morgan fingerprint density at radius 1 is 1.42 bits per heavy atom. The van der Waals surface area contributed by atoms with Gasteiger partial charge >= 0.3 is 0 Å². The van der Waals surface area contributed by atoms with Crippen molar-refractivity contribution in [2.75, 3.05) is 18.0 Å². The number of aromatic nitrogens is 1. The number of hydrogen-bond acceptors (Lipinski definition) is 4. The van der Waals surface area contributed by atoms with E-state index in [2.05, 4.69) is 4.98 Å². The number of rotatable bonds is 2. The van der Waals surface area contributed by atoms with Crippen LogP contribution in [0.1, 0.15) is 23.7 Å². The molecule has 0 radical (unpaired) electrons. The number of benzene rings is 1.